The summed E-state index contributed by atoms with van der Waals surface area (Å²) in [5.41, 5.74) is 8.23. The van der Waals surface area contributed by atoms with Gasteiger partial charge in [-0.25, -0.2) is 0 Å². The molecule has 0 saturated carbocycles. The van der Waals surface area contributed by atoms with Crippen LogP contribution in [0.4, 0.5) is 13.2 Å². The summed E-state index contributed by atoms with van der Waals surface area (Å²) >= 11 is 0. The highest BCUT2D eigenvalue weighted by Gasteiger charge is 2.31. The zero-order valence-electron chi connectivity index (χ0n) is 10.7. The predicted octanol–water partition coefficient (Wildman–Crippen LogP) is 3.34. The fourth-order valence-electron chi connectivity index (χ4n) is 1.85. The summed E-state index contributed by atoms with van der Waals surface area (Å²) in [6.07, 6.45) is -1.44. The molecule has 3 nitrogen and oxygen atoms in total. The zero-order chi connectivity index (χ0) is 14.8. The van der Waals surface area contributed by atoms with Gasteiger partial charge in [0.1, 0.15) is 5.75 Å². The summed E-state index contributed by atoms with van der Waals surface area (Å²) < 4.78 is 40.4. The summed E-state index contributed by atoms with van der Waals surface area (Å²) in [6, 6.07) is 6.92. The molecule has 2 aromatic rings. The van der Waals surface area contributed by atoms with Gasteiger partial charge in [-0.15, -0.1) is 13.2 Å². The van der Waals surface area contributed by atoms with Gasteiger partial charge in [0.25, 0.3) is 0 Å². The maximum Gasteiger partial charge on any atom is 0.573 e. The minimum Gasteiger partial charge on any atom is -0.406 e. The number of aryl methyl sites for hydroxylation is 1. The lowest BCUT2D eigenvalue weighted by molar-refractivity contribution is -0.274. The molecule has 0 bridgehead atoms. The Kier molecular flexibility index (Phi) is 3.94. The molecule has 6 heteroatoms. The first-order valence-corrected chi connectivity index (χ1v) is 5.88. The van der Waals surface area contributed by atoms with Crippen molar-refractivity contribution >= 4 is 0 Å². The third-order valence-corrected chi connectivity index (χ3v) is 2.71. The normalized spacial score (nSPS) is 13.1. The fourth-order valence-corrected chi connectivity index (χ4v) is 1.85. The van der Waals surface area contributed by atoms with E-state index in [0.717, 1.165) is 11.1 Å². The second-order valence-electron chi connectivity index (χ2n) is 4.39. The molecular formula is C14H13F3N2O. The Labute approximate surface area is 114 Å². The van der Waals surface area contributed by atoms with E-state index >= 15 is 0 Å². The molecule has 0 radical (unpaired) electrons. The molecule has 0 amide bonds. The Morgan fingerprint density at radius 1 is 1.15 bits per heavy atom. The summed E-state index contributed by atoms with van der Waals surface area (Å²) in [4.78, 5) is 4.02. The van der Waals surface area contributed by atoms with Gasteiger partial charge in [0.2, 0.25) is 0 Å². The molecule has 2 N–H and O–H groups in total. The third kappa shape index (κ3) is 3.71. The molecule has 1 unspecified atom stereocenters. The highest BCUT2D eigenvalue weighted by Crippen LogP contribution is 2.27. The molecule has 0 saturated heterocycles. The van der Waals surface area contributed by atoms with E-state index < -0.39 is 12.4 Å². The van der Waals surface area contributed by atoms with Crippen molar-refractivity contribution in [1.29, 1.82) is 0 Å². The lowest BCUT2D eigenvalue weighted by Gasteiger charge is -2.15. The highest BCUT2D eigenvalue weighted by molar-refractivity contribution is 5.36. The first-order valence-electron chi connectivity index (χ1n) is 5.88. The standard InChI is InChI=1S/C14H13F3N2O/c1-9-5-11(8-19-7-9)13(18)10-3-2-4-12(6-10)20-14(15,16)17/h2-8,13H,18H2,1H3. The van der Waals surface area contributed by atoms with Crippen molar-refractivity contribution in [1.82, 2.24) is 4.98 Å². The largest absolute Gasteiger partial charge is 0.573 e. The highest BCUT2D eigenvalue weighted by atomic mass is 19.4. The fraction of sp³-hybridized carbons (Fsp3) is 0.214. The van der Waals surface area contributed by atoms with E-state index in [2.05, 4.69) is 9.72 Å². The van der Waals surface area contributed by atoms with Gasteiger partial charge in [0.05, 0.1) is 6.04 Å². The van der Waals surface area contributed by atoms with E-state index in [1.807, 2.05) is 13.0 Å². The number of benzene rings is 1. The van der Waals surface area contributed by atoms with Crippen molar-refractivity contribution < 1.29 is 17.9 Å². The van der Waals surface area contributed by atoms with Crippen LogP contribution in [-0.4, -0.2) is 11.3 Å². The molecule has 1 aromatic carbocycles. The first-order chi connectivity index (χ1) is 9.35. The van der Waals surface area contributed by atoms with Crippen molar-refractivity contribution in [2.24, 2.45) is 5.73 Å². The lowest BCUT2D eigenvalue weighted by atomic mass is 10.00. The molecule has 0 spiro atoms. The SMILES string of the molecule is Cc1cncc(C(N)c2cccc(OC(F)(F)F)c2)c1. The first kappa shape index (κ1) is 14.3. The minimum atomic E-state index is -4.71. The molecule has 20 heavy (non-hydrogen) atoms. The number of rotatable bonds is 3. The number of hydrogen-bond donors (Lipinski definition) is 1. The monoisotopic (exact) mass is 282 g/mol. The molecule has 2 rings (SSSR count). The number of hydrogen-bond acceptors (Lipinski definition) is 3. The summed E-state index contributed by atoms with van der Waals surface area (Å²) in [5.74, 6) is -0.286. The molecule has 1 atom stereocenters. The summed E-state index contributed by atoms with van der Waals surface area (Å²) in [5, 5.41) is 0. The van der Waals surface area contributed by atoms with Crippen LogP contribution in [0.2, 0.25) is 0 Å². The molecule has 0 aliphatic rings. The number of pyridine rings is 1. The van der Waals surface area contributed by atoms with Gasteiger partial charge in [-0.1, -0.05) is 18.2 Å². The van der Waals surface area contributed by atoms with Crippen LogP contribution in [0.25, 0.3) is 0 Å². The Balaban J connectivity index is 2.26. The van der Waals surface area contributed by atoms with Crippen molar-refractivity contribution in [2.75, 3.05) is 0 Å². The van der Waals surface area contributed by atoms with E-state index in [1.165, 1.54) is 18.2 Å². The van der Waals surface area contributed by atoms with Crippen molar-refractivity contribution in [3.05, 3.63) is 59.4 Å². The van der Waals surface area contributed by atoms with Crippen LogP contribution in [0.5, 0.6) is 5.75 Å². The molecule has 1 aromatic heterocycles. The Morgan fingerprint density at radius 3 is 2.55 bits per heavy atom. The van der Waals surface area contributed by atoms with Gasteiger partial charge < -0.3 is 10.5 Å². The Morgan fingerprint density at radius 2 is 1.90 bits per heavy atom. The summed E-state index contributed by atoms with van der Waals surface area (Å²) in [7, 11) is 0. The second kappa shape index (κ2) is 5.50. The maximum atomic E-state index is 12.2. The van der Waals surface area contributed by atoms with Gasteiger partial charge in [-0.3, -0.25) is 4.98 Å². The quantitative estimate of drug-likeness (QED) is 0.939. The Hall–Kier alpha value is -2.08. The summed E-state index contributed by atoms with van der Waals surface area (Å²) in [6.45, 7) is 1.87. The third-order valence-electron chi connectivity index (χ3n) is 2.71. The van der Waals surface area contributed by atoms with Gasteiger partial charge in [-0.05, 0) is 35.7 Å². The second-order valence-corrected chi connectivity index (χ2v) is 4.39. The van der Waals surface area contributed by atoms with Crippen LogP contribution in [0.15, 0.2) is 42.7 Å². The lowest BCUT2D eigenvalue weighted by Crippen LogP contribution is -2.18. The smallest absolute Gasteiger partial charge is 0.406 e. The van der Waals surface area contributed by atoms with Crippen LogP contribution in [0.1, 0.15) is 22.7 Å². The average Bonchev–Trinajstić information content (AvgIpc) is 2.36. The number of alkyl halides is 3. The Bertz CT molecular complexity index is 599. The predicted molar refractivity (Wildman–Crippen MR) is 68.1 cm³/mol. The van der Waals surface area contributed by atoms with E-state index in [4.69, 9.17) is 5.73 Å². The number of nitrogens with two attached hydrogens (primary N) is 1. The average molecular weight is 282 g/mol. The number of nitrogens with zero attached hydrogens (tertiary/aromatic N) is 1. The topological polar surface area (TPSA) is 48.1 Å². The minimum absolute atomic E-state index is 0.286. The van der Waals surface area contributed by atoms with Gasteiger partial charge in [0, 0.05) is 12.4 Å². The van der Waals surface area contributed by atoms with Gasteiger partial charge in [0.15, 0.2) is 0 Å². The van der Waals surface area contributed by atoms with E-state index in [9.17, 15) is 13.2 Å². The van der Waals surface area contributed by atoms with Crippen LogP contribution < -0.4 is 10.5 Å². The van der Waals surface area contributed by atoms with Crippen molar-refractivity contribution in [3.8, 4) is 5.75 Å². The molecule has 1 heterocycles. The van der Waals surface area contributed by atoms with Crippen LogP contribution in [0, 0.1) is 6.92 Å². The van der Waals surface area contributed by atoms with Crippen LogP contribution in [0.3, 0.4) is 0 Å². The molecule has 0 fully saturated rings. The maximum absolute atomic E-state index is 12.2. The van der Waals surface area contributed by atoms with Crippen molar-refractivity contribution in [2.45, 2.75) is 19.3 Å². The van der Waals surface area contributed by atoms with E-state index in [1.54, 1.807) is 18.5 Å². The van der Waals surface area contributed by atoms with Crippen molar-refractivity contribution in [3.63, 3.8) is 0 Å². The van der Waals surface area contributed by atoms with Gasteiger partial charge in [-0.2, -0.15) is 0 Å². The molecular weight excluding hydrogens is 269 g/mol. The number of halogens is 3. The van der Waals surface area contributed by atoms with Gasteiger partial charge >= 0.3 is 6.36 Å². The number of ether oxygens (including phenoxy) is 1. The molecule has 106 valence electrons. The number of aromatic nitrogens is 1. The van der Waals surface area contributed by atoms with Crippen LogP contribution >= 0.6 is 0 Å². The van der Waals surface area contributed by atoms with Crippen LogP contribution in [-0.2, 0) is 0 Å². The zero-order valence-corrected chi connectivity index (χ0v) is 10.7. The van der Waals surface area contributed by atoms with E-state index in [0.29, 0.717) is 5.56 Å². The molecule has 0 aliphatic carbocycles. The molecule has 0 aliphatic heterocycles. The van der Waals surface area contributed by atoms with E-state index in [-0.39, 0.29) is 5.75 Å².